The van der Waals surface area contributed by atoms with Crippen LogP contribution in [0.15, 0.2) is 87.7 Å². The first-order valence-corrected chi connectivity index (χ1v) is 10.8. The van der Waals surface area contributed by atoms with Gasteiger partial charge >= 0.3 is 0 Å². The summed E-state index contributed by atoms with van der Waals surface area (Å²) in [6.07, 6.45) is 0. The molecule has 162 valence electrons. The molecular formula is C22H23N3O5S. The second kappa shape index (κ2) is 9.50. The van der Waals surface area contributed by atoms with E-state index in [2.05, 4.69) is 5.16 Å². The van der Waals surface area contributed by atoms with Crippen LogP contribution in [0.5, 0.6) is 11.5 Å². The molecule has 0 atom stereocenters. The molecule has 0 saturated heterocycles. The lowest BCUT2D eigenvalue weighted by Gasteiger charge is -2.20. The van der Waals surface area contributed by atoms with Gasteiger partial charge in [0.05, 0.1) is 16.9 Å². The molecule has 0 saturated carbocycles. The van der Waals surface area contributed by atoms with E-state index >= 15 is 0 Å². The van der Waals surface area contributed by atoms with Crippen LogP contribution in [0.1, 0.15) is 11.1 Å². The van der Waals surface area contributed by atoms with Crippen LogP contribution >= 0.6 is 0 Å². The molecule has 9 heteroatoms. The number of nitrogens with zero attached hydrogens (tertiary/aromatic N) is 2. The number of benzene rings is 3. The highest BCUT2D eigenvalue weighted by molar-refractivity contribution is 7.91. The smallest absolute Gasteiger partial charge is 0.207 e. The van der Waals surface area contributed by atoms with Gasteiger partial charge in [0.15, 0.2) is 17.3 Å². The number of amidine groups is 1. The normalized spacial score (nSPS) is 11.8. The Bertz CT molecular complexity index is 1160. The van der Waals surface area contributed by atoms with Crippen LogP contribution < -0.4 is 15.3 Å². The van der Waals surface area contributed by atoms with Gasteiger partial charge < -0.3 is 14.7 Å². The number of hydrazine groups is 1. The molecule has 31 heavy (non-hydrogen) atoms. The van der Waals surface area contributed by atoms with Crippen molar-refractivity contribution in [3.8, 4) is 11.5 Å². The Hall–Kier alpha value is -3.56. The summed E-state index contributed by atoms with van der Waals surface area (Å²) in [6, 6.07) is 20.2. The molecule has 0 spiro atoms. The second-order valence-electron chi connectivity index (χ2n) is 6.62. The molecule has 3 aromatic rings. The van der Waals surface area contributed by atoms with Gasteiger partial charge in [0, 0.05) is 18.7 Å². The fourth-order valence-corrected chi connectivity index (χ4v) is 4.46. The molecule has 3 rings (SSSR count). The van der Waals surface area contributed by atoms with Gasteiger partial charge in [-0.2, -0.15) is 0 Å². The first-order chi connectivity index (χ1) is 14.9. The van der Waals surface area contributed by atoms with Crippen LogP contribution in [-0.4, -0.2) is 38.6 Å². The van der Waals surface area contributed by atoms with Crippen molar-refractivity contribution in [1.29, 1.82) is 0 Å². The van der Waals surface area contributed by atoms with Crippen molar-refractivity contribution in [2.45, 2.75) is 16.4 Å². The standard InChI is InChI=1S/C22H23N3O5S/c1-25(23)22(24-26)18-13-20(30-15-16-9-5-3-6-10-16)19(29-2)14-21(18)31(27,28)17-11-7-4-8-12-17/h3-14,26H,15,23H2,1-2H3. The van der Waals surface area contributed by atoms with E-state index in [1.54, 1.807) is 18.2 Å². The predicted molar refractivity (Wildman–Crippen MR) is 116 cm³/mol. The Labute approximate surface area is 181 Å². The van der Waals surface area contributed by atoms with Crippen LogP contribution in [0.4, 0.5) is 0 Å². The third-order valence-corrected chi connectivity index (χ3v) is 6.33. The van der Waals surface area contributed by atoms with E-state index in [0.717, 1.165) is 10.6 Å². The van der Waals surface area contributed by atoms with E-state index < -0.39 is 9.84 Å². The van der Waals surface area contributed by atoms with E-state index in [0.29, 0.717) is 0 Å². The minimum Gasteiger partial charge on any atom is -0.493 e. The van der Waals surface area contributed by atoms with Crippen LogP contribution in [0.3, 0.4) is 0 Å². The average molecular weight is 442 g/mol. The summed E-state index contributed by atoms with van der Waals surface area (Å²) in [6.45, 7) is 0.228. The summed E-state index contributed by atoms with van der Waals surface area (Å²) in [4.78, 5) is -0.0547. The molecular weight excluding hydrogens is 418 g/mol. The Balaban J connectivity index is 2.16. The van der Waals surface area contributed by atoms with Crippen molar-refractivity contribution < 1.29 is 23.1 Å². The number of methoxy groups -OCH3 is 1. The van der Waals surface area contributed by atoms with Gasteiger partial charge in [-0.3, -0.25) is 5.01 Å². The van der Waals surface area contributed by atoms with Gasteiger partial charge in [0.25, 0.3) is 0 Å². The highest BCUT2D eigenvalue weighted by Gasteiger charge is 2.28. The third kappa shape index (κ3) is 4.79. The van der Waals surface area contributed by atoms with Crippen molar-refractivity contribution in [3.63, 3.8) is 0 Å². The van der Waals surface area contributed by atoms with Crippen molar-refractivity contribution >= 4 is 15.7 Å². The summed E-state index contributed by atoms with van der Waals surface area (Å²) in [7, 11) is -1.14. The minimum atomic E-state index is -3.98. The first kappa shape index (κ1) is 22.1. The zero-order valence-corrected chi connectivity index (χ0v) is 17.9. The van der Waals surface area contributed by atoms with Crippen LogP contribution in [-0.2, 0) is 16.4 Å². The van der Waals surface area contributed by atoms with Gasteiger partial charge in [-0.25, -0.2) is 14.3 Å². The fraction of sp³-hybridized carbons (Fsp3) is 0.136. The maximum absolute atomic E-state index is 13.4. The van der Waals surface area contributed by atoms with E-state index in [9.17, 15) is 13.6 Å². The number of rotatable bonds is 7. The lowest BCUT2D eigenvalue weighted by atomic mass is 10.1. The molecule has 0 amide bonds. The van der Waals surface area contributed by atoms with E-state index in [4.69, 9.17) is 15.3 Å². The average Bonchev–Trinajstić information content (AvgIpc) is 2.79. The highest BCUT2D eigenvalue weighted by Crippen LogP contribution is 2.36. The second-order valence-corrected chi connectivity index (χ2v) is 8.54. The molecule has 3 aromatic carbocycles. The van der Waals surface area contributed by atoms with Gasteiger partial charge in [-0.15, -0.1) is 0 Å². The molecule has 8 nitrogen and oxygen atoms in total. The molecule has 0 radical (unpaired) electrons. The zero-order valence-electron chi connectivity index (χ0n) is 17.1. The van der Waals surface area contributed by atoms with E-state index in [1.807, 2.05) is 30.3 Å². The first-order valence-electron chi connectivity index (χ1n) is 9.28. The number of sulfone groups is 1. The van der Waals surface area contributed by atoms with Gasteiger partial charge in [-0.1, -0.05) is 53.7 Å². The molecule has 0 heterocycles. The Morgan fingerprint density at radius 3 is 2.19 bits per heavy atom. The molecule has 0 aromatic heterocycles. The lowest BCUT2D eigenvalue weighted by molar-refractivity contribution is 0.283. The molecule has 0 aliphatic carbocycles. The van der Waals surface area contributed by atoms with E-state index in [-0.39, 0.29) is 39.3 Å². The van der Waals surface area contributed by atoms with Crippen molar-refractivity contribution in [3.05, 3.63) is 83.9 Å². The Morgan fingerprint density at radius 1 is 1.03 bits per heavy atom. The van der Waals surface area contributed by atoms with Gasteiger partial charge in [0.1, 0.15) is 6.61 Å². The third-order valence-electron chi connectivity index (χ3n) is 4.52. The predicted octanol–water partition coefficient (Wildman–Crippen LogP) is 3.05. The Kier molecular flexibility index (Phi) is 6.78. The monoisotopic (exact) mass is 441 g/mol. The van der Waals surface area contributed by atoms with Crippen molar-refractivity contribution in [2.75, 3.05) is 14.2 Å². The molecule has 0 fully saturated rings. The number of ether oxygens (including phenoxy) is 2. The van der Waals surface area contributed by atoms with Crippen molar-refractivity contribution in [2.24, 2.45) is 11.0 Å². The summed E-state index contributed by atoms with van der Waals surface area (Å²) in [5.41, 5.74) is 0.985. The minimum absolute atomic E-state index is 0.0696. The maximum Gasteiger partial charge on any atom is 0.207 e. The summed E-state index contributed by atoms with van der Waals surface area (Å²) < 4.78 is 38.0. The quantitative estimate of drug-likeness (QED) is 0.190. The van der Waals surface area contributed by atoms with Gasteiger partial charge in [0.2, 0.25) is 9.84 Å². The van der Waals surface area contributed by atoms with Gasteiger partial charge in [-0.05, 0) is 23.8 Å². The molecule has 0 bridgehead atoms. The largest absolute Gasteiger partial charge is 0.493 e. The maximum atomic E-state index is 13.4. The number of hydrogen-bond acceptors (Lipinski definition) is 7. The Morgan fingerprint density at radius 2 is 1.65 bits per heavy atom. The molecule has 0 unspecified atom stereocenters. The molecule has 0 aliphatic heterocycles. The SMILES string of the molecule is COc1cc(S(=O)(=O)c2ccccc2)c(C(=NO)N(C)N)cc1OCc1ccccc1. The molecule has 0 aliphatic rings. The topological polar surface area (TPSA) is 114 Å². The van der Waals surface area contributed by atoms with Crippen molar-refractivity contribution in [1.82, 2.24) is 5.01 Å². The highest BCUT2D eigenvalue weighted by atomic mass is 32.2. The summed E-state index contributed by atoms with van der Waals surface area (Å²) in [5, 5.41) is 13.8. The summed E-state index contributed by atoms with van der Waals surface area (Å²) in [5.74, 6) is 6.13. The number of oxime groups is 1. The fourth-order valence-electron chi connectivity index (χ4n) is 2.99. The van der Waals surface area contributed by atoms with Crippen LogP contribution in [0.2, 0.25) is 0 Å². The van der Waals surface area contributed by atoms with Crippen LogP contribution in [0, 0.1) is 0 Å². The van der Waals surface area contributed by atoms with E-state index in [1.165, 1.54) is 38.4 Å². The molecule has 3 N–H and O–H groups in total. The summed E-state index contributed by atoms with van der Waals surface area (Å²) >= 11 is 0. The number of nitrogens with two attached hydrogens (primary N) is 1. The lowest BCUT2D eigenvalue weighted by Crippen LogP contribution is -2.35. The number of hydrogen-bond donors (Lipinski definition) is 2. The van der Waals surface area contributed by atoms with Crippen LogP contribution in [0.25, 0.3) is 0 Å². The zero-order chi connectivity index (χ0) is 22.4.